The third-order valence-electron chi connectivity index (χ3n) is 8.76. The molecule has 4 aromatic rings. The van der Waals surface area contributed by atoms with Crippen LogP contribution in [-0.4, -0.2) is 96.3 Å². The van der Waals surface area contributed by atoms with Crippen LogP contribution in [0.25, 0.3) is 5.65 Å². The van der Waals surface area contributed by atoms with E-state index in [9.17, 15) is 19.5 Å². The molecule has 15 nitrogen and oxygen atoms in total. The second kappa shape index (κ2) is 13.9. The third-order valence-corrected chi connectivity index (χ3v) is 10.8. The first kappa shape index (κ1) is 33.3. The summed E-state index contributed by atoms with van der Waals surface area (Å²) >= 11 is 2.47. The molecule has 2 atom stereocenters. The van der Waals surface area contributed by atoms with Gasteiger partial charge in [0.15, 0.2) is 17.0 Å². The van der Waals surface area contributed by atoms with E-state index >= 15 is 4.39 Å². The average Bonchev–Trinajstić information content (AvgIpc) is 3.84. The number of amides is 2. The van der Waals surface area contributed by atoms with Crippen molar-refractivity contribution in [2.24, 2.45) is 10.3 Å². The number of carbonyl (C=O) groups excluding carboxylic acids is 2. The van der Waals surface area contributed by atoms with Gasteiger partial charge < -0.3 is 21.0 Å². The fraction of sp³-hybridized carbons (Fsp3) is 0.344. The Morgan fingerprint density at radius 3 is 2.78 bits per heavy atom. The summed E-state index contributed by atoms with van der Waals surface area (Å²) < 4.78 is 20.7. The highest BCUT2D eigenvalue weighted by Gasteiger charge is 2.54. The summed E-state index contributed by atoms with van der Waals surface area (Å²) in [7, 11) is 1.28. The molecule has 1 aromatic carbocycles. The lowest BCUT2D eigenvalue weighted by Gasteiger charge is -2.49. The van der Waals surface area contributed by atoms with Gasteiger partial charge in [-0.2, -0.15) is 5.10 Å². The summed E-state index contributed by atoms with van der Waals surface area (Å²) in [6.45, 7) is 2.32. The number of rotatable bonds is 11. The van der Waals surface area contributed by atoms with Crippen molar-refractivity contribution in [1.29, 1.82) is 0 Å². The summed E-state index contributed by atoms with van der Waals surface area (Å²) in [4.78, 5) is 49.0. The van der Waals surface area contributed by atoms with E-state index < -0.39 is 29.2 Å². The van der Waals surface area contributed by atoms with Gasteiger partial charge in [-0.1, -0.05) is 17.3 Å². The Morgan fingerprint density at radius 1 is 1.24 bits per heavy atom. The number of carboxylic acid groups (broad SMARTS) is 1. The number of nitrogens with zero attached hydrogens (tertiary/aromatic N) is 8. The van der Waals surface area contributed by atoms with Crippen LogP contribution in [0.3, 0.4) is 0 Å². The highest BCUT2D eigenvalue weighted by Crippen LogP contribution is 2.40. The number of oxime groups is 1. The Bertz CT molecular complexity index is 2060. The normalized spacial score (nSPS) is 19.6. The number of piperidine rings is 1. The van der Waals surface area contributed by atoms with Crippen molar-refractivity contribution in [1.82, 2.24) is 29.4 Å². The van der Waals surface area contributed by atoms with Gasteiger partial charge in [-0.3, -0.25) is 19.5 Å². The molecule has 0 spiro atoms. The number of aliphatic carboxylic acids is 1. The Balaban J connectivity index is 1.04. The van der Waals surface area contributed by atoms with Crippen LogP contribution in [0.4, 0.5) is 9.52 Å². The topological polar surface area (TPSA) is 176 Å². The number of anilines is 1. The molecule has 3 aromatic heterocycles. The standard InChI is InChI=1S/C32H33FN10O5S2/c1-48-38-25(23-18-50-32(34)36-23)28(44)37-26-29(45)43-27(31(46)47)21(17-49-30(26)43)16-41-10-7-24-39(11-12-42(24)41)15-20-6-5-19(13-22(20)33)14-35-40-8-3-2-4-9-40/h5-7,10-14,18,26,30H,2-4,8-9,15-17H2,1H3,(H3-,34,36,37,44,46,47)/p+1/b35-14?,38-25-/t26-,30-/m1/s1. The number of nitrogen functional groups attached to an aromatic ring is 1. The van der Waals surface area contributed by atoms with Gasteiger partial charge in [-0.05, 0) is 36.5 Å². The number of imidazole rings is 1. The summed E-state index contributed by atoms with van der Waals surface area (Å²) in [5, 5.41) is 24.3. The molecule has 6 heterocycles. The van der Waals surface area contributed by atoms with Gasteiger partial charge in [0, 0.05) is 29.8 Å². The first-order valence-electron chi connectivity index (χ1n) is 15.9. The van der Waals surface area contributed by atoms with Crippen LogP contribution in [0.2, 0.25) is 0 Å². The van der Waals surface area contributed by atoms with Crippen LogP contribution in [0.15, 0.2) is 69.8 Å². The fourth-order valence-electron chi connectivity index (χ4n) is 6.30. The number of thiazole rings is 1. The summed E-state index contributed by atoms with van der Waals surface area (Å²) in [5.74, 6) is -2.51. The molecule has 2 fully saturated rings. The number of hydrazone groups is 1. The first-order chi connectivity index (χ1) is 24.2. The second-order valence-electron chi connectivity index (χ2n) is 12.0. The van der Waals surface area contributed by atoms with Gasteiger partial charge >= 0.3 is 11.6 Å². The van der Waals surface area contributed by atoms with Gasteiger partial charge in [0.2, 0.25) is 0 Å². The molecule has 260 valence electrons. The monoisotopic (exact) mass is 721 g/mol. The number of fused-ring (bicyclic) bond motifs is 2. The number of nitrogens with two attached hydrogens (primary N) is 1. The van der Waals surface area contributed by atoms with Gasteiger partial charge in [0.1, 0.15) is 48.5 Å². The zero-order valence-electron chi connectivity index (χ0n) is 26.9. The van der Waals surface area contributed by atoms with Crippen molar-refractivity contribution in [2.45, 2.75) is 43.8 Å². The Morgan fingerprint density at radius 2 is 2.06 bits per heavy atom. The first-order valence-corrected chi connectivity index (χ1v) is 17.8. The second-order valence-corrected chi connectivity index (χ2v) is 14.0. The highest BCUT2D eigenvalue weighted by molar-refractivity contribution is 8.00. The average molecular weight is 722 g/mol. The number of β-lactam (4-membered cyclic amide) rings is 1. The molecule has 3 aliphatic rings. The maximum absolute atomic E-state index is 15.2. The summed E-state index contributed by atoms with van der Waals surface area (Å²) in [5.41, 5.74) is 8.15. The van der Waals surface area contributed by atoms with E-state index in [1.54, 1.807) is 17.7 Å². The van der Waals surface area contributed by atoms with Gasteiger partial charge in [-0.15, -0.1) is 27.6 Å². The molecule has 0 bridgehead atoms. The third kappa shape index (κ3) is 6.42. The van der Waals surface area contributed by atoms with Crippen molar-refractivity contribution in [3.8, 4) is 0 Å². The van der Waals surface area contributed by atoms with Crippen LogP contribution in [0, 0.1) is 5.82 Å². The number of hydrogen-bond acceptors (Lipinski definition) is 11. The van der Waals surface area contributed by atoms with Crippen molar-refractivity contribution < 1.29 is 33.3 Å². The van der Waals surface area contributed by atoms with Crippen LogP contribution >= 0.6 is 23.1 Å². The minimum atomic E-state index is -1.24. The molecule has 4 N–H and O–H groups in total. The molecule has 50 heavy (non-hydrogen) atoms. The lowest BCUT2D eigenvalue weighted by Crippen LogP contribution is -2.71. The maximum atomic E-state index is 15.2. The quantitative estimate of drug-likeness (QED) is 0.0904. The predicted molar refractivity (Wildman–Crippen MR) is 184 cm³/mol. The number of carboxylic acids is 1. The lowest BCUT2D eigenvalue weighted by molar-refractivity contribution is -0.662. The highest BCUT2D eigenvalue weighted by atomic mass is 32.2. The van der Waals surface area contributed by atoms with Crippen LogP contribution in [-0.2, 0) is 32.3 Å². The number of nitrogens with one attached hydrogen (secondary N) is 1. The van der Waals surface area contributed by atoms with E-state index in [-0.39, 0.29) is 34.6 Å². The van der Waals surface area contributed by atoms with E-state index in [1.165, 1.54) is 36.3 Å². The molecular weight excluding hydrogens is 688 g/mol. The molecule has 2 saturated heterocycles. The molecule has 0 radical (unpaired) electrons. The molecule has 18 heteroatoms. The number of aromatic nitrogens is 4. The number of carbonyl (C=O) groups is 3. The molecule has 0 aliphatic carbocycles. The van der Waals surface area contributed by atoms with E-state index in [0.717, 1.165) is 42.9 Å². The van der Waals surface area contributed by atoms with Crippen LogP contribution in [0.1, 0.15) is 36.1 Å². The summed E-state index contributed by atoms with van der Waals surface area (Å²) in [6, 6.07) is 6.01. The molecule has 0 saturated carbocycles. The van der Waals surface area contributed by atoms with Crippen LogP contribution < -0.4 is 15.6 Å². The summed E-state index contributed by atoms with van der Waals surface area (Å²) in [6.07, 6.45) is 10.6. The van der Waals surface area contributed by atoms with Crippen molar-refractivity contribution in [3.05, 3.63) is 82.1 Å². The molecular formula is C32H34FN10O5S2+. The van der Waals surface area contributed by atoms with E-state index in [2.05, 4.69) is 20.6 Å². The number of benzene rings is 1. The minimum Gasteiger partial charge on any atom is -0.477 e. The Labute approximate surface area is 293 Å². The minimum absolute atomic E-state index is 0.116. The van der Waals surface area contributed by atoms with E-state index in [1.807, 2.05) is 49.5 Å². The van der Waals surface area contributed by atoms with Gasteiger partial charge in [0.05, 0.1) is 25.0 Å². The zero-order valence-corrected chi connectivity index (χ0v) is 28.6. The van der Waals surface area contributed by atoms with E-state index in [4.69, 9.17) is 10.6 Å². The zero-order chi connectivity index (χ0) is 34.9. The number of halogens is 1. The molecule has 7 rings (SSSR count). The maximum Gasteiger partial charge on any atom is 0.352 e. The fourth-order valence-corrected chi connectivity index (χ4v) is 8.19. The largest absolute Gasteiger partial charge is 0.477 e. The van der Waals surface area contributed by atoms with Crippen LogP contribution in [0.5, 0.6) is 0 Å². The number of thioether (sulfide) groups is 1. The molecule has 3 aliphatic heterocycles. The van der Waals surface area contributed by atoms with Gasteiger partial charge in [-0.25, -0.2) is 23.4 Å². The lowest BCUT2D eigenvalue weighted by atomic mass is 10.0. The molecule has 0 unspecified atom stereocenters. The SMILES string of the molecule is CO/N=C(\C(=O)N[C@@H]1C(=O)N2C(C(=O)O)=C(Cn3ccc4n3cc[n+]4Cc3ccc(C=NN4CCCCC4)cc3F)CS[C@H]12)c1csc(N)n1. The predicted octanol–water partition coefficient (Wildman–Crippen LogP) is 1.86. The van der Waals surface area contributed by atoms with E-state index in [0.29, 0.717) is 29.0 Å². The number of hydrogen-bond donors (Lipinski definition) is 3. The van der Waals surface area contributed by atoms with Crippen molar-refractivity contribution in [2.75, 3.05) is 31.7 Å². The Hall–Kier alpha value is -5.23. The van der Waals surface area contributed by atoms with Gasteiger partial charge in [0.25, 0.3) is 11.8 Å². The smallest absolute Gasteiger partial charge is 0.352 e. The van der Waals surface area contributed by atoms with Crippen molar-refractivity contribution in [3.63, 3.8) is 0 Å². The molecule has 2 amide bonds. The Kier molecular flexibility index (Phi) is 9.28. The van der Waals surface area contributed by atoms with Crippen molar-refractivity contribution >= 4 is 63.6 Å².